The third kappa shape index (κ3) is 3.42. The molecule has 1 unspecified atom stereocenters. The van der Waals surface area contributed by atoms with E-state index in [1.54, 1.807) is 7.11 Å². The molecule has 0 amide bonds. The number of aryl methyl sites for hydroxylation is 1. The van der Waals surface area contributed by atoms with E-state index in [0.29, 0.717) is 6.04 Å². The maximum atomic E-state index is 5.24. The Balaban J connectivity index is 1.71. The molecule has 1 aliphatic rings. The van der Waals surface area contributed by atoms with E-state index >= 15 is 0 Å². The van der Waals surface area contributed by atoms with Gasteiger partial charge in [-0.3, -0.25) is 4.98 Å². The molecule has 1 aromatic heterocycles. The molecule has 3 nitrogen and oxygen atoms in total. The number of nitrogens with zero attached hydrogens (tertiary/aromatic N) is 1. The lowest BCUT2D eigenvalue weighted by molar-refractivity contribution is 0.413. The molecule has 1 aromatic carbocycles. The molecular weight excluding hydrogens is 260 g/mol. The molecule has 1 fully saturated rings. The number of hydrogen-bond acceptors (Lipinski definition) is 3. The first-order valence-electron chi connectivity index (χ1n) is 7.55. The highest BCUT2D eigenvalue weighted by Gasteiger charge is 2.31. The van der Waals surface area contributed by atoms with E-state index in [1.165, 1.54) is 29.5 Å². The van der Waals surface area contributed by atoms with Gasteiger partial charge in [-0.05, 0) is 60.6 Å². The molecule has 0 aliphatic heterocycles. The summed E-state index contributed by atoms with van der Waals surface area (Å²) >= 11 is 0. The molecule has 0 bridgehead atoms. The maximum Gasteiger partial charge on any atom is 0.118 e. The molecule has 3 rings (SSSR count). The molecular formula is C18H22N2O. The molecule has 0 saturated heterocycles. The summed E-state index contributed by atoms with van der Waals surface area (Å²) in [6.07, 6.45) is 6.44. The van der Waals surface area contributed by atoms with Gasteiger partial charge in [-0.1, -0.05) is 12.1 Å². The van der Waals surface area contributed by atoms with Gasteiger partial charge in [0.1, 0.15) is 5.75 Å². The average molecular weight is 282 g/mol. The van der Waals surface area contributed by atoms with Crippen molar-refractivity contribution in [2.75, 3.05) is 7.11 Å². The lowest BCUT2D eigenvalue weighted by Gasteiger charge is -2.19. The van der Waals surface area contributed by atoms with Crippen molar-refractivity contribution in [3.05, 3.63) is 59.4 Å². The van der Waals surface area contributed by atoms with E-state index in [0.717, 1.165) is 18.2 Å². The minimum atomic E-state index is 0.426. The van der Waals surface area contributed by atoms with Crippen molar-refractivity contribution in [1.82, 2.24) is 10.3 Å². The molecule has 1 saturated carbocycles. The van der Waals surface area contributed by atoms with Crippen molar-refractivity contribution in [3.8, 4) is 5.75 Å². The highest BCUT2D eigenvalue weighted by Crippen LogP contribution is 2.41. The van der Waals surface area contributed by atoms with E-state index in [1.807, 2.05) is 24.5 Å². The van der Waals surface area contributed by atoms with Crippen LogP contribution in [0.25, 0.3) is 0 Å². The first kappa shape index (κ1) is 14.1. The van der Waals surface area contributed by atoms with Crippen LogP contribution in [-0.4, -0.2) is 12.1 Å². The number of nitrogens with one attached hydrogen (secondary N) is 1. The van der Waals surface area contributed by atoms with Gasteiger partial charge in [-0.2, -0.15) is 0 Å². The number of rotatable bonds is 6. The topological polar surface area (TPSA) is 34.1 Å². The molecule has 110 valence electrons. The number of ether oxygens (including phenoxy) is 1. The third-order valence-electron chi connectivity index (χ3n) is 4.23. The Morgan fingerprint density at radius 3 is 2.62 bits per heavy atom. The fourth-order valence-corrected chi connectivity index (χ4v) is 2.70. The van der Waals surface area contributed by atoms with E-state index in [-0.39, 0.29) is 0 Å². The van der Waals surface area contributed by atoms with Crippen molar-refractivity contribution in [2.45, 2.75) is 32.4 Å². The minimum Gasteiger partial charge on any atom is -0.497 e. The van der Waals surface area contributed by atoms with Crippen molar-refractivity contribution >= 4 is 0 Å². The van der Waals surface area contributed by atoms with E-state index < -0.39 is 0 Å². The smallest absolute Gasteiger partial charge is 0.118 e. The van der Waals surface area contributed by atoms with Crippen LogP contribution in [0.4, 0.5) is 0 Å². The molecule has 3 heteroatoms. The lowest BCUT2D eigenvalue weighted by Crippen LogP contribution is -2.23. The average Bonchev–Trinajstić information content (AvgIpc) is 3.35. The zero-order valence-corrected chi connectivity index (χ0v) is 12.7. The summed E-state index contributed by atoms with van der Waals surface area (Å²) in [4.78, 5) is 4.22. The number of pyridine rings is 1. The number of aromatic nitrogens is 1. The van der Waals surface area contributed by atoms with Crippen LogP contribution >= 0.6 is 0 Å². The van der Waals surface area contributed by atoms with Crippen LogP contribution in [-0.2, 0) is 6.54 Å². The number of methoxy groups -OCH3 is 1. The third-order valence-corrected chi connectivity index (χ3v) is 4.23. The van der Waals surface area contributed by atoms with E-state index in [4.69, 9.17) is 4.74 Å². The van der Waals surface area contributed by atoms with Gasteiger partial charge in [0.2, 0.25) is 0 Å². The molecule has 1 atom stereocenters. The number of benzene rings is 1. The predicted octanol–water partition coefficient (Wildman–Crippen LogP) is 3.64. The highest BCUT2D eigenvalue weighted by atomic mass is 16.5. The SMILES string of the molecule is COc1ccc(C(NCc2cnccc2C)C2CC2)cc1. The van der Waals surface area contributed by atoms with Crippen LogP contribution in [0.5, 0.6) is 5.75 Å². The summed E-state index contributed by atoms with van der Waals surface area (Å²) in [5, 5.41) is 3.71. The van der Waals surface area contributed by atoms with Gasteiger partial charge in [0.05, 0.1) is 7.11 Å². The van der Waals surface area contributed by atoms with Crippen LogP contribution < -0.4 is 10.1 Å². The largest absolute Gasteiger partial charge is 0.497 e. The fraction of sp³-hybridized carbons (Fsp3) is 0.389. The first-order valence-corrected chi connectivity index (χ1v) is 7.55. The van der Waals surface area contributed by atoms with Crippen molar-refractivity contribution in [2.24, 2.45) is 5.92 Å². The summed E-state index contributed by atoms with van der Waals surface area (Å²) in [7, 11) is 1.71. The van der Waals surface area contributed by atoms with Crippen LogP contribution in [0.2, 0.25) is 0 Å². The Morgan fingerprint density at radius 1 is 1.24 bits per heavy atom. The van der Waals surface area contributed by atoms with Crippen LogP contribution in [0, 0.1) is 12.8 Å². The van der Waals surface area contributed by atoms with Gasteiger partial charge >= 0.3 is 0 Å². The van der Waals surface area contributed by atoms with E-state index in [9.17, 15) is 0 Å². The second-order valence-corrected chi connectivity index (χ2v) is 5.77. The molecule has 1 aliphatic carbocycles. The van der Waals surface area contributed by atoms with Crippen LogP contribution in [0.1, 0.15) is 35.6 Å². The second kappa shape index (κ2) is 6.27. The molecule has 1 heterocycles. The molecule has 21 heavy (non-hydrogen) atoms. The predicted molar refractivity (Wildman–Crippen MR) is 84.3 cm³/mol. The zero-order chi connectivity index (χ0) is 14.7. The summed E-state index contributed by atoms with van der Waals surface area (Å²) in [6, 6.07) is 10.9. The van der Waals surface area contributed by atoms with Crippen molar-refractivity contribution in [1.29, 1.82) is 0 Å². The molecule has 2 aromatic rings. The fourth-order valence-electron chi connectivity index (χ4n) is 2.70. The summed E-state index contributed by atoms with van der Waals surface area (Å²) in [6.45, 7) is 3.01. The summed E-state index contributed by atoms with van der Waals surface area (Å²) in [5.41, 5.74) is 3.92. The minimum absolute atomic E-state index is 0.426. The molecule has 1 N–H and O–H groups in total. The zero-order valence-electron chi connectivity index (χ0n) is 12.7. The summed E-state index contributed by atoms with van der Waals surface area (Å²) < 4.78 is 5.24. The highest BCUT2D eigenvalue weighted by molar-refractivity contribution is 5.30. The van der Waals surface area contributed by atoms with Gasteiger partial charge in [-0.25, -0.2) is 0 Å². The Kier molecular flexibility index (Phi) is 4.20. The lowest BCUT2D eigenvalue weighted by atomic mass is 10.0. The Hall–Kier alpha value is -1.87. The monoisotopic (exact) mass is 282 g/mol. The van der Waals surface area contributed by atoms with Gasteiger partial charge in [0, 0.05) is 25.0 Å². The quantitative estimate of drug-likeness (QED) is 0.878. The van der Waals surface area contributed by atoms with Gasteiger partial charge in [0.15, 0.2) is 0 Å². The van der Waals surface area contributed by atoms with Gasteiger partial charge < -0.3 is 10.1 Å². The molecule has 0 radical (unpaired) electrons. The first-order chi connectivity index (χ1) is 10.3. The maximum absolute atomic E-state index is 5.24. The van der Waals surface area contributed by atoms with Crippen LogP contribution in [0.15, 0.2) is 42.7 Å². The normalized spacial score (nSPS) is 15.7. The van der Waals surface area contributed by atoms with Crippen molar-refractivity contribution in [3.63, 3.8) is 0 Å². The van der Waals surface area contributed by atoms with Gasteiger partial charge in [0.25, 0.3) is 0 Å². The second-order valence-electron chi connectivity index (χ2n) is 5.77. The standard InChI is InChI=1S/C18H22N2O/c1-13-9-10-19-11-16(13)12-20-18(14-3-4-14)15-5-7-17(21-2)8-6-15/h5-11,14,18,20H,3-4,12H2,1-2H3. The number of hydrogen-bond donors (Lipinski definition) is 1. The molecule has 0 spiro atoms. The van der Waals surface area contributed by atoms with Crippen molar-refractivity contribution < 1.29 is 4.74 Å². The Labute approximate surface area is 126 Å². The Bertz CT molecular complexity index is 590. The summed E-state index contributed by atoms with van der Waals surface area (Å²) in [5.74, 6) is 1.67. The van der Waals surface area contributed by atoms with E-state index in [2.05, 4.69) is 35.4 Å². The van der Waals surface area contributed by atoms with Gasteiger partial charge in [-0.15, -0.1) is 0 Å². The van der Waals surface area contributed by atoms with Crippen LogP contribution in [0.3, 0.4) is 0 Å². The Morgan fingerprint density at radius 2 is 2.00 bits per heavy atom.